The van der Waals surface area contributed by atoms with Crippen molar-refractivity contribution < 1.29 is 9.47 Å². The average molecular weight is 370 g/mol. The summed E-state index contributed by atoms with van der Waals surface area (Å²) in [6.45, 7) is 1.93. The number of hydrogen-bond acceptors (Lipinski definition) is 4. The predicted molar refractivity (Wildman–Crippen MR) is 111 cm³/mol. The summed E-state index contributed by atoms with van der Waals surface area (Å²) in [7, 11) is 7.58. The molecule has 146 valence electrons. The maximum Gasteiger partial charge on any atom is 0.191 e. The first-order chi connectivity index (χ1) is 13.2. The normalized spacial score (nSPS) is 12.6. The second kappa shape index (κ2) is 11.1. The first-order valence-electron chi connectivity index (χ1n) is 9.07. The number of para-hydroxylation sites is 2. The van der Waals surface area contributed by atoms with Gasteiger partial charge in [-0.25, -0.2) is 0 Å². The van der Waals surface area contributed by atoms with Gasteiger partial charge in [0.15, 0.2) is 5.96 Å². The number of aliphatic imine (C=N–C) groups is 1. The molecule has 0 aliphatic carbocycles. The summed E-state index contributed by atoms with van der Waals surface area (Å²) in [4.78, 5) is 6.45. The first kappa shape index (κ1) is 20.6. The molecule has 6 heteroatoms. The molecule has 2 aromatic rings. The SMILES string of the molecule is CN=C(NCCOc1ccccc1)NCC(c1ccccc1OC)N(C)C. The molecule has 0 aliphatic rings. The first-order valence-corrected chi connectivity index (χ1v) is 9.07. The van der Waals surface area contributed by atoms with Crippen molar-refractivity contribution in [1.82, 2.24) is 15.5 Å². The third-order valence-corrected chi connectivity index (χ3v) is 4.21. The van der Waals surface area contributed by atoms with Crippen LogP contribution in [0.4, 0.5) is 0 Å². The van der Waals surface area contributed by atoms with Crippen LogP contribution in [-0.2, 0) is 0 Å². The molecule has 0 aliphatic heterocycles. The monoisotopic (exact) mass is 370 g/mol. The van der Waals surface area contributed by atoms with Crippen LogP contribution in [0.25, 0.3) is 0 Å². The number of guanidine groups is 1. The van der Waals surface area contributed by atoms with Crippen molar-refractivity contribution in [3.05, 3.63) is 60.2 Å². The van der Waals surface area contributed by atoms with Crippen LogP contribution in [0.3, 0.4) is 0 Å². The molecule has 6 nitrogen and oxygen atoms in total. The zero-order valence-corrected chi connectivity index (χ0v) is 16.6. The van der Waals surface area contributed by atoms with Gasteiger partial charge in [-0.3, -0.25) is 4.99 Å². The van der Waals surface area contributed by atoms with E-state index in [0.717, 1.165) is 23.0 Å². The van der Waals surface area contributed by atoms with Crippen molar-refractivity contribution in [3.63, 3.8) is 0 Å². The Labute approximate surface area is 162 Å². The van der Waals surface area contributed by atoms with Crippen LogP contribution < -0.4 is 20.1 Å². The van der Waals surface area contributed by atoms with E-state index in [2.05, 4.69) is 40.7 Å². The van der Waals surface area contributed by atoms with Crippen molar-refractivity contribution in [1.29, 1.82) is 0 Å². The number of hydrogen-bond donors (Lipinski definition) is 2. The summed E-state index contributed by atoms with van der Waals surface area (Å²) in [5, 5.41) is 6.66. The standard InChI is InChI=1S/C21H30N4O2/c1-22-21(23-14-15-27-17-10-6-5-7-11-17)24-16-19(25(2)3)18-12-8-9-13-20(18)26-4/h5-13,19H,14-16H2,1-4H3,(H2,22,23,24). The molecule has 0 aromatic heterocycles. The molecule has 0 spiro atoms. The highest BCUT2D eigenvalue weighted by molar-refractivity contribution is 5.79. The third kappa shape index (κ3) is 6.49. The molecule has 0 radical (unpaired) electrons. The third-order valence-electron chi connectivity index (χ3n) is 4.21. The molecule has 0 heterocycles. The summed E-state index contributed by atoms with van der Waals surface area (Å²) in [5.74, 6) is 2.50. The molecule has 1 atom stereocenters. The van der Waals surface area contributed by atoms with Crippen molar-refractivity contribution in [2.24, 2.45) is 4.99 Å². The van der Waals surface area contributed by atoms with Crippen molar-refractivity contribution in [3.8, 4) is 11.5 Å². The van der Waals surface area contributed by atoms with Gasteiger partial charge in [0.1, 0.15) is 18.1 Å². The molecular weight excluding hydrogens is 340 g/mol. The summed E-state index contributed by atoms with van der Waals surface area (Å²) < 4.78 is 11.2. The summed E-state index contributed by atoms with van der Waals surface area (Å²) in [6, 6.07) is 18.0. The Balaban J connectivity index is 1.85. The minimum absolute atomic E-state index is 0.153. The smallest absolute Gasteiger partial charge is 0.191 e. The Hall–Kier alpha value is -2.73. The molecule has 0 fully saturated rings. The van der Waals surface area contributed by atoms with Gasteiger partial charge in [-0.05, 0) is 32.3 Å². The van der Waals surface area contributed by atoms with Crippen LogP contribution in [-0.4, -0.2) is 58.8 Å². The number of benzene rings is 2. The highest BCUT2D eigenvalue weighted by atomic mass is 16.5. The molecule has 0 amide bonds. The topological polar surface area (TPSA) is 58.1 Å². The van der Waals surface area contributed by atoms with E-state index >= 15 is 0 Å². The van der Waals surface area contributed by atoms with Crippen LogP contribution in [0.15, 0.2) is 59.6 Å². The number of nitrogens with zero attached hydrogens (tertiary/aromatic N) is 2. The van der Waals surface area contributed by atoms with Gasteiger partial charge in [-0.15, -0.1) is 0 Å². The fourth-order valence-electron chi connectivity index (χ4n) is 2.78. The lowest BCUT2D eigenvalue weighted by atomic mass is 10.0. The largest absolute Gasteiger partial charge is 0.496 e. The van der Waals surface area contributed by atoms with Gasteiger partial charge in [-0.2, -0.15) is 0 Å². The van der Waals surface area contributed by atoms with Crippen LogP contribution >= 0.6 is 0 Å². The summed E-state index contributed by atoms with van der Waals surface area (Å²) in [5.41, 5.74) is 1.14. The molecule has 2 rings (SSSR count). The van der Waals surface area contributed by atoms with Gasteiger partial charge in [-0.1, -0.05) is 36.4 Å². The number of rotatable bonds is 9. The Bertz CT molecular complexity index is 704. The van der Waals surface area contributed by atoms with E-state index in [4.69, 9.17) is 9.47 Å². The Kier molecular flexibility index (Phi) is 8.45. The minimum Gasteiger partial charge on any atom is -0.496 e. The average Bonchev–Trinajstić information content (AvgIpc) is 2.70. The van der Waals surface area contributed by atoms with Crippen LogP contribution in [0, 0.1) is 0 Å². The van der Waals surface area contributed by atoms with Crippen molar-refractivity contribution in [2.75, 3.05) is 47.9 Å². The van der Waals surface area contributed by atoms with Gasteiger partial charge in [0.2, 0.25) is 0 Å². The number of methoxy groups -OCH3 is 1. The lowest BCUT2D eigenvalue weighted by Crippen LogP contribution is -2.43. The van der Waals surface area contributed by atoms with E-state index in [1.165, 1.54) is 0 Å². The van der Waals surface area contributed by atoms with E-state index in [-0.39, 0.29) is 6.04 Å². The van der Waals surface area contributed by atoms with E-state index in [1.54, 1.807) is 14.2 Å². The molecule has 2 N–H and O–H groups in total. The zero-order valence-electron chi connectivity index (χ0n) is 16.6. The predicted octanol–water partition coefficient (Wildman–Crippen LogP) is 2.54. The number of likely N-dealkylation sites (N-methyl/N-ethyl adjacent to an activating group) is 1. The van der Waals surface area contributed by atoms with Gasteiger partial charge in [0, 0.05) is 19.2 Å². The number of nitrogens with one attached hydrogen (secondary N) is 2. The van der Waals surface area contributed by atoms with Gasteiger partial charge < -0.3 is 25.0 Å². The second-order valence-corrected chi connectivity index (χ2v) is 6.26. The van der Waals surface area contributed by atoms with Crippen LogP contribution in [0.2, 0.25) is 0 Å². The minimum atomic E-state index is 0.153. The fourth-order valence-corrected chi connectivity index (χ4v) is 2.78. The zero-order chi connectivity index (χ0) is 19.5. The maximum absolute atomic E-state index is 5.69. The summed E-state index contributed by atoms with van der Waals surface area (Å²) in [6.07, 6.45) is 0. The van der Waals surface area contributed by atoms with Gasteiger partial charge in [0.05, 0.1) is 19.7 Å². The molecule has 1 unspecified atom stereocenters. The molecule has 0 bridgehead atoms. The Morgan fingerprint density at radius 2 is 1.74 bits per heavy atom. The fraction of sp³-hybridized carbons (Fsp3) is 0.381. The van der Waals surface area contributed by atoms with Crippen molar-refractivity contribution >= 4 is 5.96 Å². The maximum atomic E-state index is 5.69. The molecular formula is C21H30N4O2. The molecule has 0 saturated carbocycles. The van der Waals surface area contributed by atoms with E-state index < -0.39 is 0 Å². The number of ether oxygens (including phenoxy) is 2. The van der Waals surface area contributed by atoms with E-state index in [0.29, 0.717) is 19.7 Å². The van der Waals surface area contributed by atoms with Crippen LogP contribution in [0.1, 0.15) is 11.6 Å². The lowest BCUT2D eigenvalue weighted by molar-refractivity contribution is 0.287. The van der Waals surface area contributed by atoms with Crippen molar-refractivity contribution in [2.45, 2.75) is 6.04 Å². The molecule has 2 aromatic carbocycles. The molecule has 27 heavy (non-hydrogen) atoms. The van der Waals surface area contributed by atoms with Gasteiger partial charge >= 0.3 is 0 Å². The summed E-state index contributed by atoms with van der Waals surface area (Å²) >= 11 is 0. The highest BCUT2D eigenvalue weighted by Gasteiger charge is 2.18. The quantitative estimate of drug-likeness (QED) is 0.404. The van der Waals surface area contributed by atoms with E-state index in [9.17, 15) is 0 Å². The van der Waals surface area contributed by atoms with Crippen LogP contribution in [0.5, 0.6) is 11.5 Å². The second-order valence-electron chi connectivity index (χ2n) is 6.26. The highest BCUT2D eigenvalue weighted by Crippen LogP contribution is 2.27. The van der Waals surface area contributed by atoms with Gasteiger partial charge in [0.25, 0.3) is 0 Å². The van der Waals surface area contributed by atoms with E-state index in [1.807, 2.05) is 48.5 Å². The molecule has 0 saturated heterocycles. The Morgan fingerprint density at radius 3 is 2.41 bits per heavy atom. The lowest BCUT2D eigenvalue weighted by Gasteiger charge is -2.27. The Morgan fingerprint density at radius 1 is 1.04 bits per heavy atom.